The van der Waals surface area contributed by atoms with E-state index < -0.39 is 0 Å². The lowest BCUT2D eigenvalue weighted by molar-refractivity contribution is -0.117. The van der Waals surface area contributed by atoms with Gasteiger partial charge in [0.05, 0.1) is 19.9 Å². The van der Waals surface area contributed by atoms with Gasteiger partial charge in [0.2, 0.25) is 11.7 Å². The number of nitrogens with zero attached hydrogens (tertiary/aromatic N) is 4. The third-order valence-electron chi connectivity index (χ3n) is 3.73. The van der Waals surface area contributed by atoms with Crippen LogP contribution < -0.4 is 14.8 Å². The fourth-order valence-corrected chi connectivity index (χ4v) is 2.36. The minimum atomic E-state index is -0.301. The van der Waals surface area contributed by atoms with Crippen molar-refractivity contribution in [2.24, 2.45) is 0 Å². The molecule has 0 fully saturated rings. The van der Waals surface area contributed by atoms with E-state index in [0.29, 0.717) is 23.0 Å². The summed E-state index contributed by atoms with van der Waals surface area (Å²) in [4.78, 5) is 13.6. The molecule has 26 heavy (non-hydrogen) atoms. The third-order valence-corrected chi connectivity index (χ3v) is 3.73. The Hall–Kier alpha value is -3.42. The molecule has 0 aliphatic rings. The van der Waals surface area contributed by atoms with E-state index in [2.05, 4.69) is 20.7 Å². The number of nitrogens with one attached hydrogen (secondary N) is 1. The summed E-state index contributed by atoms with van der Waals surface area (Å²) < 4.78 is 10.4. The number of hydrogen-bond donors (Lipinski definition) is 1. The van der Waals surface area contributed by atoms with Gasteiger partial charge in [0.25, 0.3) is 0 Å². The number of amides is 1. The summed E-state index contributed by atoms with van der Waals surface area (Å²) in [6, 6.07) is 12.9. The van der Waals surface area contributed by atoms with Crippen molar-refractivity contribution in [3.8, 4) is 22.9 Å². The van der Waals surface area contributed by atoms with Crippen LogP contribution in [0.1, 0.15) is 5.56 Å². The summed E-state index contributed by atoms with van der Waals surface area (Å²) in [5, 5.41) is 14.9. The van der Waals surface area contributed by atoms with Crippen molar-refractivity contribution in [2.75, 3.05) is 19.5 Å². The number of tetrazole rings is 1. The van der Waals surface area contributed by atoms with Gasteiger partial charge in [-0.05, 0) is 24.3 Å². The van der Waals surface area contributed by atoms with Crippen LogP contribution in [0.15, 0.2) is 42.5 Å². The van der Waals surface area contributed by atoms with Gasteiger partial charge in [-0.3, -0.25) is 4.79 Å². The summed E-state index contributed by atoms with van der Waals surface area (Å²) in [5.41, 5.74) is 2.50. The topological polar surface area (TPSA) is 91.2 Å². The Morgan fingerprint density at radius 1 is 1.12 bits per heavy atom. The number of benzene rings is 2. The van der Waals surface area contributed by atoms with Gasteiger partial charge >= 0.3 is 0 Å². The summed E-state index contributed by atoms with van der Waals surface area (Å²) >= 11 is 0. The van der Waals surface area contributed by atoms with Crippen LogP contribution >= 0.6 is 0 Å². The number of anilines is 1. The van der Waals surface area contributed by atoms with E-state index in [9.17, 15) is 4.79 Å². The van der Waals surface area contributed by atoms with Crippen LogP contribution in [0.3, 0.4) is 0 Å². The zero-order chi connectivity index (χ0) is 18.5. The number of aromatic nitrogens is 4. The number of carbonyl (C=O) groups excluding carboxylic acids is 1. The molecule has 0 aliphatic heterocycles. The molecule has 134 valence electrons. The van der Waals surface area contributed by atoms with Gasteiger partial charge in [0.15, 0.2) is 0 Å². The van der Waals surface area contributed by atoms with Crippen molar-refractivity contribution < 1.29 is 14.3 Å². The Morgan fingerprint density at radius 3 is 2.58 bits per heavy atom. The first-order chi connectivity index (χ1) is 12.6. The van der Waals surface area contributed by atoms with E-state index in [1.807, 2.05) is 31.2 Å². The summed E-state index contributed by atoms with van der Waals surface area (Å²) in [6.45, 7) is 1.93. The quantitative estimate of drug-likeness (QED) is 0.731. The van der Waals surface area contributed by atoms with Gasteiger partial charge in [-0.2, -0.15) is 4.80 Å². The molecule has 0 saturated carbocycles. The van der Waals surface area contributed by atoms with Crippen molar-refractivity contribution >= 4 is 11.6 Å². The number of hydrogen-bond acceptors (Lipinski definition) is 6. The summed E-state index contributed by atoms with van der Waals surface area (Å²) in [7, 11) is 3.09. The maximum absolute atomic E-state index is 12.3. The molecular weight excluding hydrogens is 334 g/mol. The standard InChI is InChI=1S/C18H19N5O3/c1-12-4-6-13(7-5-12)18-20-22-23(21-18)11-17(24)19-15-10-14(25-2)8-9-16(15)26-3/h4-10H,11H2,1-3H3,(H,19,24). The number of ether oxygens (including phenoxy) is 2. The monoisotopic (exact) mass is 353 g/mol. The highest BCUT2D eigenvalue weighted by Crippen LogP contribution is 2.28. The molecule has 1 amide bonds. The molecule has 0 bridgehead atoms. The van der Waals surface area contributed by atoms with Crippen molar-refractivity contribution in [1.29, 1.82) is 0 Å². The second kappa shape index (κ2) is 7.64. The average Bonchev–Trinajstić information content (AvgIpc) is 3.10. The van der Waals surface area contributed by atoms with Gasteiger partial charge in [-0.25, -0.2) is 0 Å². The molecule has 3 rings (SSSR count). The molecule has 0 aliphatic carbocycles. The molecule has 1 N–H and O–H groups in total. The highest BCUT2D eigenvalue weighted by atomic mass is 16.5. The highest BCUT2D eigenvalue weighted by molar-refractivity contribution is 5.92. The van der Waals surface area contributed by atoms with Crippen LogP contribution in [0.5, 0.6) is 11.5 Å². The summed E-state index contributed by atoms with van der Waals surface area (Å²) in [5.74, 6) is 1.31. The van der Waals surface area contributed by atoms with Crippen LogP contribution in [0.2, 0.25) is 0 Å². The molecule has 8 heteroatoms. The molecule has 0 unspecified atom stereocenters. The Kier molecular flexibility index (Phi) is 5.12. The third kappa shape index (κ3) is 3.97. The lowest BCUT2D eigenvalue weighted by Gasteiger charge is -2.11. The number of aryl methyl sites for hydroxylation is 1. The fourth-order valence-electron chi connectivity index (χ4n) is 2.36. The smallest absolute Gasteiger partial charge is 0.248 e. The van der Waals surface area contributed by atoms with Crippen LogP contribution in [0.25, 0.3) is 11.4 Å². The molecule has 1 aromatic heterocycles. The zero-order valence-corrected chi connectivity index (χ0v) is 14.8. The molecule has 3 aromatic rings. The lowest BCUT2D eigenvalue weighted by atomic mass is 10.1. The minimum Gasteiger partial charge on any atom is -0.497 e. The van der Waals surface area contributed by atoms with Gasteiger partial charge < -0.3 is 14.8 Å². The Balaban J connectivity index is 1.70. The fraction of sp³-hybridized carbons (Fsp3) is 0.222. The van der Waals surface area contributed by atoms with E-state index in [4.69, 9.17) is 9.47 Å². The largest absolute Gasteiger partial charge is 0.497 e. The zero-order valence-electron chi connectivity index (χ0n) is 14.8. The SMILES string of the molecule is COc1ccc(OC)c(NC(=O)Cn2nnc(-c3ccc(C)cc3)n2)c1. The summed E-state index contributed by atoms with van der Waals surface area (Å²) in [6.07, 6.45) is 0. The molecule has 2 aromatic carbocycles. The van der Waals surface area contributed by atoms with Crippen molar-refractivity contribution in [3.63, 3.8) is 0 Å². The number of rotatable bonds is 6. The van der Waals surface area contributed by atoms with E-state index >= 15 is 0 Å². The maximum atomic E-state index is 12.3. The van der Waals surface area contributed by atoms with Crippen LogP contribution in [0, 0.1) is 6.92 Å². The number of methoxy groups -OCH3 is 2. The maximum Gasteiger partial charge on any atom is 0.248 e. The Labute approximate surface area is 150 Å². The first kappa shape index (κ1) is 17.4. The van der Waals surface area contributed by atoms with E-state index in [0.717, 1.165) is 11.1 Å². The van der Waals surface area contributed by atoms with E-state index in [-0.39, 0.29) is 12.5 Å². The average molecular weight is 353 g/mol. The predicted octanol–water partition coefficient (Wildman–Crippen LogP) is 2.30. The van der Waals surface area contributed by atoms with E-state index in [1.54, 1.807) is 25.3 Å². The molecule has 0 spiro atoms. The van der Waals surface area contributed by atoms with Crippen LogP contribution in [-0.2, 0) is 11.3 Å². The van der Waals surface area contributed by atoms with E-state index in [1.165, 1.54) is 11.9 Å². The molecule has 8 nitrogen and oxygen atoms in total. The van der Waals surface area contributed by atoms with Gasteiger partial charge in [0, 0.05) is 11.6 Å². The molecule has 0 saturated heterocycles. The van der Waals surface area contributed by atoms with Crippen molar-refractivity contribution in [2.45, 2.75) is 13.5 Å². The second-order valence-corrected chi connectivity index (χ2v) is 5.62. The van der Waals surface area contributed by atoms with Crippen LogP contribution in [-0.4, -0.2) is 40.3 Å². The molecular formula is C18H19N5O3. The minimum absolute atomic E-state index is 0.0702. The molecule has 1 heterocycles. The van der Waals surface area contributed by atoms with Gasteiger partial charge in [-0.1, -0.05) is 29.8 Å². The first-order valence-electron chi connectivity index (χ1n) is 7.96. The van der Waals surface area contributed by atoms with Crippen molar-refractivity contribution in [1.82, 2.24) is 20.2 Å². The Bertz CT molecular complexity index is 905. The predicted molar refractivity (Wildman–Crippen MR) is 96.2 cm³/mol. The number of carbonyl (C=O) groups is 1. The second-order valence-electron chi connectivity index (χ2n) is 5.62. The molecule has 0 atom stereocenters. The normalized spacial score (nSPS) is 10.4. The van der Waals surface area contributed by atoms with Crippen molar-refractivity contribution in [3.05, 3.63) is 48.0 Å². The van der Waals surface area contributed by atoms with Gasteiger partial charge in [0.1, 0.15) is 18.0 Å². The first-order valence-corrected chi connectivity index (χ1v) is 7.96. The van der Waals surface area contributed by atoms with Crippen LogP contribution in [0.4, 0.5) is 5.69 Å². The molecule has 0 radical (unpaired) electrons. The van der Waals surface area contributed by atoms with Gasteiger partial charge in [-0.15, -0.1) is 10.2 Å². The lowest BCUT2D eigenvalue weighted by Crippen LogP contribution is -2.20. The highest BCUT2D eigenvalue weighted by Gasteiger charge is 2.12. The Morgan fingerprint density at radius 2 is 1.88 bits per heavy atom.